The molecule has 0 spiro atoms. The summed E-state index contributed by atoms with van der Waals surface area (Å²) in [5, 5.41) is 6.89. The lowest BCUT2D eigenvalue weighted by Crippen LogP contribution is -2.18. The Hall–Kier alpha value is -3.72. The van der Waals surface area contributed by atoms with Crippen LogP contribution in [0.15, 0.2) is 61.3 Å². The average molecular weight is 448 g/mol. The van der Waals surface area contributed by atoms with Gasteiger partial charge in [0.25, 0.3) is 5.91 Å². The van der Waals surface area contributed by atoms with Crippen molar-refractivity contribution in [2.75, 3.05) is 24.6 Å². The normalized spacial score (nSPS) is 11.4. The third-order valence-electron chi connectivity index (χ3n) is 5.12. The topological polar surface area (TPSA) is 119 Å². The summed E-state index contributed by atoms with van der Waals surface area (Å²) in [6, 6.07) is 11.4. The highest BCUT2D eigenvalue weighted by Gasteiger charge is 2.15. The largest absolute Gasteiger partial charge is 0.397 e. The molecule has 4 rings (SSSR count). The van der Waals surface area contributed by atoms with Crippen molar-refractivity contribution in [2.45, 2.75) is 12.8 Å². The molecule has 8 nitrogen and oxygen atoms in total. The summed E-state index contributed by atoms with van der Waals surface area (Å²) < 4.78 is 0. The molecule has 164 valence electrons. The monoisotopic (exact) mass is 447 g/mol. The highest BCUT2D eigenvalue weighted by molar-refractivity contribution is 7.59. The maximum atomic E-state index is 12.2. The van der Waals surface area contributed by atoms with Gasteiger partial charge >= 0.3 is 0 Å². The zero-order chi connectivity index (χ0) is 21.8. The zero-order valence-electron chi connectivity index (χ0n) is 17.8. The fourth-order valence-electron chi connectivity index (χ4n) is 3.51. The summed E-state index contributed by atoms with van der Waals surface area (Å²) in [6.45, 7) is 2.75. The van der Waals surface area contributed by atoms with Crippen LogP contribution in [0.5, 0.6) is 0 Å². The van der Waals surface area contributed by atoms with Gasteiger partial charge in [-0.3, -0.25) is 14.8 Å². The standard InChI is InChI=1S/C23H23N7O.H2S/c1-14(17-4-3-5-18-19(23(31)25-2)6-7-27-22(17)18)10-28-21-9-20(29-13-30-21)15-8-16(24)12-26-11-15;/h3-9,11-14H,10,24H2,1-2H3,(H,25,31)(H,28,29,30);1H2/t14-;/m1./s1. The molecule has 0 aliphatic rings. The number of carbonyl (C=O) groups excluding carboxylic acids is 1. The smallest absolute Gasteiger partial charge is 0.251 e. The van der Waals surface area contributed by atoms with Crippen molar-refractivity contribution >= 4 is 41.8 Å². The molecule has 0 fully saturated rings. The zero-order valence-corrected chi connectivity index (χ0v) is 18.8. The summed E-state index contributed by atoms with van der Waals surface area (Å²) in [5.41, 5.74) is 10.5. The Bertz CT molecular complexity index is 1250. The number of nitrogens with one attached hydrogen (secondary N) is 2. The summed E-state index contributed by atoms with van der Waals surface area (Å²) in [5.74, 6) is 0.710. The van der Waals surface area contributed by atoms with E-state index >= 15 is 0 Å². The first-order valence-electron chi connectivity index (χ1n) is 9.93. The van der Waals surface area contributed by atoms with Crippen molar-refractivity contribution in [2.24, 2.45) is 0 Å². The molecular weight excluding hydrogens is 422 g/mol. The number of amides is 1. The van der Waals surface area contributed by atoms with Gasteiger partial charge in [0.15, 0.2) is 0 Å². The first kappa shape index (κ1) is 23.0. The number of pyridine rings is 2. The van der Waals surface area contributed by atoms with E-state index in [2.05, 4.69) is 37.5 Å². The van der Waals surface area contributed by atoms with Crippen molar-refractivity contribution in [3.05, 3.63) is 72.4 Å². The summed E-state index contributed by atoms with van der Waals surface area (Å²) in [7, 11) is 1.63. The number of benzene rings is 1. The molecule has 0 aliphatic carbocycles. The minimum absolute atomic E-state index is 0. The molecule has 0 bridgehead atoms. The molecule has 1 aromatic carbocycles. The van der Waals surface area contributed by atoms with Crippen LogP contribution >= 0.6 is 13.5 Å². The van der Waals surface area contributed by atoms with Crippen molar-refractivity contribution in [3.63, 3.8) is 0 Å². The van der Waals surface area contributed by atoms with Gasteiger partial charge in [0.1, 0.15) is 12.1 Å². The molecule has 0 unspecified atom stereocenters. The minimum atomic E-state index is -0.125. The Morgan fingerprint density at radius 1 is 1.12 bits per heavy atom. The van der Waals surface area contributed by atoms with Gasteiger partial charge in [-0.2, -0.15) is 13.5 Å². The Morgan fingerprint density at radius 3 is 2.75 bits per heavy atom. The maximum absolute atomic E-state index is 12.2. The molecule has 4 aromatic rings. The van der Waals surface area contributed by atoms with Gasteiger partial charge in [0, 0.05) is 55.1 Å². The van der Waals surface area contributed by atoms with Crippen LogP contribution in [0, 0.1) is 0 Å². The van der Waals surface area contributed by atoms with Crippen LogP contribution in [0.2, 0.25) is 0 Å². The van der Waals surface area contributed by atoms with Gasteiger partial charge in [-0.1, -0.05) is 25.1 Å². The van der Waals surface area contributed by atoms with Gasteiger partial charge in [-0.15, -0.1) is 0 Å². The molecular formula is C23H25N7OS. The summed E-state index contributed by atoms with van der Waals surface area (Å²) in [6.07, 6.45) is 6.50. The van der Waals surface area contributed by atoms with Crippen LogP contribution in [-0.4, -0.2) is 39.4 Å². The second-order valence-electron chi connectivity index (χ2n) is 7.26. The number of hydrogen-bond acceptors (Lipinski definition) is 7. The van der Waals surface area contributed by atoms with E-state index in [4.69, 9.17) is 5.73 Å². The quantitative estimate of drug-likeness (QED) is 0.415. The number of nitrogens with zero attached hydrogens (tertiary/aromatic N) is 4. The molecule has 0 radical (unpaired) electrons. The van der Waals surface area contributed by atoms with Crippen molar-refractivity contribution < 1.29 is 4.79 Å². The molecule has 3 heterocycles. The van der Waals surface area contributed by atoms with E-state index in [0.717, 1.165) is 27.7 Å². The number of anilines is 2. The van der Waals surface area contributed by atoms with Gasteiger partial charge in [-0.25, -0.2) is 9.97 Å². The average Bonchev–Trinajstić information content (AvgIpc) is 2.81. The van der Waals surface area contributed by atoms with E-state index in [1.54, 1.807) is 31.7 Å². The van der Waals surface area contributed by atoms with Crippen LogP contribution in [0.25, 0.3) is 22.2 Å². The van der Waals surface area contributed by atoms with Crippen molar-refractivity contribution in [1.29, 1.82) is 0 Å². The van der Waals surface area contributed by atoms with E-state index in [1.807, 2.05) is 30.3 Å². The molecule has 4 N–H and O–H groups in total. The minimum Gasteiger partial charge on any atom is -0.397 e. The van der Waals surface area contributed by atoms with Crippen LogP contribution in [0.3, 0.4) is 0 Å². The molecule has 0 saturated heterocycles. The van der Waals surface area contributed by atoms with E-state index < -0.39 is 0 Å². The molecule has 1 atom stereocenters. The van der Waals surface area contributed by atoms with Crippen LogP contribution < -0.4 is 16.4 Å². The Labute approximate surface area is 193 Å². The lowest BCUT2D eigenvalue weighted by Gasteiger charge is -2.16. The lowest BCUT2D eigenvalue weighted by molar-refractivity contribution is 0.0964. The van der Waals surface area contributed by atoms with Crippen LogP contribution in [0.4, 0.5) is 11.5 Å². The van der Waals surface area contributed by atoms with Crippen LogP contribution in [0.1, 0.15) is 28.8 Å². The van der Waals surface area contributed by atoms with Gasteiger partial charge in [0.05, 0.1) is 22.5 Å². The number of carbonyl (C=O) groups is 1. The lowest BCUT2D eigenvalue weighted by atomic mass is 9.96. The Balaban J connectivity index is 0.00000289. The summed E-state index contributed by atoms with van der Waals surface area (Å²) in [4.78, 5) is 29.5. The first-order valence-corrected chi connectivity index (χ1v) is 9.93. The number of rotatable bonds is 6. The maximum Gasteiger partial charge on any atom is 0.251 e. The van der Waals surface area contributed by atoms with Gasteiger partial charge in [0.2, 0.25) is 0 Å². The first-order chi connectivity index (χ1) is 15.1. The number of para-hydroxylation sites is 1. The highest BCUT2D eigenvalue weighted by atomic mass is 32.1. The number of nitrogen functional groups attached to an aromatic ring is 1. The van der Waals surface area contributed by atoms with E-state index in [0.29, 0.717) is 23.6 Å². The van der Waals surface area contributed by atoms with E-state index in [-0.39, 0.29) is 25.3 Å². The second kappa shape index (κ2) is 10.1. The number of hydrogen-bond donors (Lipinski definition) is 3. The van der Waals surface area contributed by atoms with E-state index in [9.17, 15) is 4.79 Å². The van der Waals surface area contributed by atoms with Crippen LogP contribution in [-0.2, 0) is 0 Å². The number of nitrogens with two attached hydrogens (primary N) is 1. The van der Waals surface area contributed by atoms with Gasteiger partial charge in [-0.05, 0) is 17.7 Å². The third-order valence-corrected chi connectivity index (χ3v) is 5.12. The molecule has 9 heteroatoms. The van der Waals surface area contributed by atoms with E-state index in [1.165, 1.54) is 6.33 Å². The second-order valence-corrected chi connectivity index (χ2v) is 7.26. The molecule has 0 aliphatic heterocycles. The number of aromatic nitrogens is 4. The van der Waals surface area contributed by atoms with Crippen molar-refractivity contribution in [1.82, 2.24) is 25.3 Å². The Kier molecular flexibility index (Phi) is 7.21. The molecule has 1 amide bonds. The fourth-order valence-corrected chi connectivity index (χ4v) is 3.51. The SMILES string of the molecule is CNC(=O)c1ccnc2c([C@H](C)CNc3cc(-c4cncc(N)c4)ncn3)cccc12.S. The molecule has 3 aromatic heterocycles. The summed E-state index contributed by atoms with van der Waals surface area (Å²) >= 11 is 0. The number of fused-ring (bicyclic) bond motifs is 1. The fraction of sp³-hybridized carbons (Fsp3) is 0.174. The Morgan fingerprint density at radius 2 is 1.97 bits per heavy atom. The molecule has 32 heavy (non-hydrogen) atoms. The van der Waals surface area contributed by atoms with Gasteiger partial charge < -0.3 is 16.4 Å². The predicted molar refractivity (Wildman–Crippen MR) is 132 cm³/mol. The van der Waals surface area contributed by atoms with Crippen molar-refractivity contribution in [3.8, 4) is 11.3 Å². The molecule has 0 saturated carbocycles. The predicted octanol–water partition coefficient (Wildman–Crippen LogP) is 3.36. The highest BCUT2D eigenvalue weighted by Crippen LogP contribution is 2.27. The third kappa shape index (κ3) is 4.78.